The van der Waals surface area contributed by atoms with Crippen molar-refractivity contribution in [3.8, 4) is 0 Å². The van der Waals surface area contributed by atoms with E-state index in [0.29, 0.717) is 16.8 Å². The van der Waals surface area contributed by atoms with Gasteiger partial charge < -0.3 is 5.32 Å². The van der Waals surface area contributed by atoms with Crippen molar-refractivity contribution in [3.05, 3.63) is 0 Å². The van der Waals surface area contributed by atoms with Gasteiger partial charge in [-0.25, -0.2) is 0 Å². The molecule has 0 amide bonds. The van der Waals surface area contributed by atoms with Crippen LogP contribution < -0.4 is 5.32 Å². The first-order chi connectivity index (χ1) is 8.54. The number of hydrogen-bond acceptors (Lipinski definition) is 3. The second-order valence-electron chi connectivity index (χ2n) is 6.75. The van der Waals surface area contributed by atoms with Crippen LogP contribution in [0.2, 0.25) is 0 Å². The Hall–Kier alpha value is 0.270. The number of hydrogen-bond donors (Lipinski definition) is 1. The molecule has 0 aromatic heterocycles. The molecule has 0 bridgehead atoms. The first kappa shape index (κ1) is 14.7. The molecule has 18 heavy (non-hydrogen) atoms. The number of nitrogens with zero attached hydrogens (tertiary/aromatic N) is 1. The van der Waals surface area contributed by atoms with Crippen molar-refractivity contribution >= 4 is 11.8 Å². The number of piperazine rings is 1. The third-order valence-corrected chi connectivity index (χ3v) is 6.13. The molecule has 1 saturated carbocycles. The Morgan fingerprint density at radius 3 is 2.61 bits per heavy atom. The summed E-state index contributed by atoms with van der Waals surface area (Å²) in [6.45, 7) is 10.8. The minimum Gasteiger partial charge on any atom is -0.311 e. The molecule has 3 heteroatoms. The predicted molar refractivity (Wildman–Crippen MR) is 82.4 cm³/mol. The summed E-state index contributed by atoms with van der Waals surface area (Å²) < 4.78 is 0.591. The Balaban J connectivity index is 1.89. The molecule has 1 saturated heterocycles. The Kier molecular flexibility index (Phi) is 5.01. The number of thioether (sulfide) groups is 1. The Morgan fingerprint density at radius 2 is 2.11 bits per heavy atom. The molecule has 2 rings (SSSR count). The van der Waals surface area contributed by atoms with Gasteiger partial charge in [-0.1, -0.05) is 20.3 Å². The molecule has 0 radical (unpaired) electrons. The average Bonchev–Trinajstić information content (AvgIpc) is 2.27. The Labute approximate surface area is 117 Å². The zero-order valence-electron chi connectivity index (χ0n) is 12.5. The largest absolute Gasteiger partial charge is 0.311 e. The van der Waals surface area contributed by atoms with E-state index in [4.69, 9.17) is 0 Å². The van der Waals surface area contributed by atoms with E-state index >= 15 is 0 Å². The van der Waals surface area contributed by atoms with Crippen molar-refractivity contribution in [2.24, 2.45) is 5.92 Å². The third kappa shape index (κ3) is 3.43. The van der Waals surface area contributed by atoms with Crippen molar-refractivity contribution in [3.63, 3.8) is 0 Å². The van der Waals surface area contributed by atoms with Gasteiger partial charge in [0.25, 0.3) is 0 Å². The fourth-order valence-electron chi connectivity index (χ4n) is 3.31. The smallest absolute Gasteiger partial charge is 0.0284 e. The maximum Gasteiger partial charge on any atom is 0.0284 e. The van der Waals surface area contributed by atoms with Gasteiger partial charge in [-0.15, -0.1) is 0 Å². The summed E-state index contributed by atoms with van der Waals surface area (Å²) in [6.07, 6.45) is 7.92. The maximum atomic E-state index is 3.72. The van der Waals surface area contributed by atoms with E-state index in [9.17, 15) is 0 Å². The SMILES string of the molecule is CSC1(CN2CC(CC(C)C)NCC2C)CCC1. The fourth-order valence-corrected chi connectivity index (χ4v) is 4.30. The van der Waals surface area contributed by atoms with Gasteiger partial charge >= 0.3 is 0 Å². The van der Waals surface area contributed by atoms with Gasteiger partial charge in [0.2, 0.25) is 0 Å². The molecule has 2 aliphatic rings. The van der Waals surface area contributed by atoms with Crippen LogP contribution >= 0.6 is 11.8 Å². The molecule has 1 aliphatic carbocycles. The minimum absolute atomic E-state index is 0.591. The van der Waals surface area contributed by atoms with Gasteiger partial charge in [0.05, 0.1) is 0 Å². The van der Waals surface area contributed by atoms with Crippen molar-refractivity contribution < 1.29 is 0 Å². The lowest BCUT2D eigenvalue weighted by molar-refractivity contribution is 0.103. The van der Waals surface area contributed by atoms with Crippen LogP contribution in [0.15, 0.2) is 0 Å². The Bertz CT molecular complexity index is 258. The van der Waals surface area contributed by atoms with Crippen molar-refractivity contribution in [2.45, 2.75) is 63.3 Å². The second-order valence-corrected chi connectivity index (χ2v) is 8.03. The first-order valence-electron chi connectivity index (χ1n) is 7.57. The fraction of sp³-hybridized carbons (Fsp3) is 1.00. The highest BCUT2D eigenvalue weighted by atomic mass is 32.2. The van der Waals surface area contributed by atoms with E-state index in [-0.39, 0.29) is 0 Å². The summed E-state index contributed by atoms with van der Waals surface area (Å²) in [4.78, 5) is 2.75. The highest BCUT2D eigenvalue weighted by Gasteiger charge is 2.39. The third-order valence-electron chi connectivity index (χ3n) is 4.73. The topological polar surface area (TPSA) is 15.3 Å². The van der Waals surface area contributed by atoms with Crippen LogP contribution in [0.5, 0.6) is 0 Å². The second kappa shape index (κ2) is 6.15. The monoisotopic (exact) mass is 270 g/mol. The maximum absolute atomic E-state index is 3.72. The number of nitrogens with one attached hydrogen (secondary N) is 1. The molecule has 2 nitrogen and oxygen atoms in total. The number of rotatable bonds is 5. The molecular weight excluding hydrogens is 240 g/mol. The molecule has 2 unspecified atom stereocenters. The summed E-state index contributed by atoms with van der Waals surface area (Å²) >= 11 is 2.11. The Morgan fingerprint density at radius 1 is 1.39 bits per heavy atom. The van der Waals surface area contributed by atoms with Gasteiger partial charge in [0.1, 0.15) is 0 Å². The highest BCUT2D eigenvalue weighted by Crippen LogP contribution is 2.43. The summed E-state index contributed by atoms with van der Waals surface area (Å²) in [7, 11) is 0. The molecule has 0 aromatic rings. The van der Waals surface area contributed by atoms with Crippen LogP contribution in [-0.2, 0) is 0 Å². The molecule has 1 aliphatic heterocycles. The standard InChI is InChI=1S/C15H30N2S/c1-12(2)8-14-10-17(13(3)9-16-14)11-15(18-4)6-5-7-15/h12-14,16H,5-11H2,1-4H3. The van der Waals surface area contributed by atoms with Gasteiger partial charge in [0.15, 0.2) is 0 Å². The molecule has 106 valence electrons. The molecular formula is C15H30N2S. The van der Waals surface area contributed by atoms with E-state index in [1.54, 1.807) is 0 Å². The quantitative estimate of drug-likeness (QED) is 0.827. The molecule has 1 heterocycles. The molecule has 2 atom stereocenters. The summed E-state index contributed by atoms with van der Waals surface area (Å²) in [6, 6.07) is 1.42. The van der Waals surface area contributed by atoms with Gasteiger partial charge in [-0.3, -0.25) is 4.90 Å². The first-order valence-corrected chi connectivity index (χ1v) is 8.80. The van der Waals surface area contributed by atoms with Crippen molar-refractivity contribution in [1.82, 2.24) is 10.2 Å². The van der Waals surface area contributed by atoms with Gasteiger partial charge in [-0.2, -0.15) is 11.8 Å². The van der Waals surface area contributed by atoms with Crippen LogP contribution in [0.4, 0.5) is 0 Å². The zero-order valence-corrected chi connectivity index (χ0v) is 13.4. The molecule has 2 fully saturated rings. The van der Waals surface area contributed by atoms with Crippen LogP contribution in [0.1, 0.15) is 46.5 Å². The van der Waals surface area contributed by atoms with Crippen molar-refractivity contribution in [1.29, 1.82) is 0 Å². The van der Waals surface area contributed by atoms with E-state index in [2.05, 4.69) is 49.0 Å². The molecule has 0 aromatic carbocycles. The lowest BCUT2D eigenvalue weighted by Crippen LogP contribution is -2.59. The van der Waals surface area contributed by atoms with Gasteiger partial charge in [-0.05, 0) is 38.4 Å². The normalized spacial score (nSPS) is 32.5. The van der Waals surface area contributed by atoms with E-state index in [0.717, 1.165) is 5.92 Å². The lowest BCUT2D eigenvalue weighted by atomic mass is 9.83. The van der Waals surface area contributed by atoms with Gasteiger partial charge in [0, 0.05) is 36.5 Å². The summed E-state index contributed by atoms with van der Waals surface area (Å²) in [5.41, 5.74) is 0. The van der Waals surface area contributed by atoms with E-state index < -0.39 is 0 Å². The zero-order chi connectivity index (χ0) is 13.2. The minimum atomic E-state index is 0.591. The van der Waals surface area contributed by atoms with Crippen LogP contribution in [0.25, 0.3) is 0 Å². The predicted octanol–water partition coefficient (Wildman–Crippen LogP) is 2.98. The highest BCUT2D eigenvalue weighted by molar-refractivity contribution is 8.00. The van der Waals surface area contributed by atoms with E-state index in [1.165, 1.54) is 45.3 Å². The van der Waals surface area contributed by atoms with E-state index in [1.807, 2.05) is 0 Å². The molecule has 1 N–H and O–H groups in total. The summed E-state index contributed by atoms with van der Waals surface area (Å²) in [5.74, 6) is 0.802. The van der Waals surface area contributed by atoms with Crippen LogP contribution in [0.3, 0.4) is 0 Å². The van der Waals surface area contributed by atoms with Crippen LogP contribution in [0, 0.1) is 5.92 Å². The van der Waals surface area contributed by atoms with Crippen molar-refractivity contribution in [2.75, 3.05) is 25.9 Å². The summed E-state index contributed by atoms with van der Waals surface area (Å²) in [5, 5.41) is 3.72. The average molecular weight is 270 g/mol. The lowest BCUT2D eigenvalue weighted by Gasteiger charge is -2.48. The van der Waals surface area contributed by atoms with Crippen LogP contribution in [-0.4, -0.2) is 47.6 Å². The molecule has 0 spiro atoms.